The first-order valence-electron chi connectivity index (χ1n) is 10.4. The molecule has 2 aromatic carbocycles. The highest BCUT2D eigenvalue weighted by molar-refractivity contribution is 6.03. The van der Waals surface area contributed by atoms with Gasteiger partial charge in [-0.2, -0.15) is 5.26 Å². The molecule has 5 rings (SSSR count). The molecule has 0 aliphatic rings. The molecule has 7 nitrogen and oxygen atoms in total. The van der Waals surface area contributed by atoms with E-state index in [1.54, 1.807) is 30.7 Å². The molecule has 0 aliphatic heterocycles. The molecule has 7 heteroatoms. The van der Waals surface area contributed by atoms with Gasteiger partial charge < -0.3 is 10.6 Å². The van der Waals surface area contributed by atoms with Gasteiger partial charge in [0.05, 0.1) is 23.0 Å². The summed E-state index contributed by atoms with van der Waals surface area (Å²) in [6.45, 7) is 2.06. The number of aromatic nitrogens is 4. The number of nitrogens with zero attached hydrogens (tertiary/aromatic N) is 5. The largest absolute Gasteiger partial charge is 0.340 e. The van der Waals surface area contributed by atoms with Crippen molar-refractivity contribution in [2.45, 2.75) is 6.92 Å². The zero-order valence-electron chi connectivity index (χ0n) is 17.8. The number of benzene rings is 2. The van der Waals surface area contributed by atoms with E-state index in [0.29, 0.717) is 11.4 Å². The Kier molecular flexibility index (Phi) is 5.32. The lowest BCUT2D eigenvalue weighted by Crippen LogP contribution is -2.01. The van der Waals surface area contributed by atoms with Gasteiger partial charge in [-0.3, -0.25) is 0 Å². The Bertz CT molecular complexity index is 1470. The number of hydrogen-bond acceptors (Lipinski definition) is 7. The van der Waals surface area contributed by atoms with Crippen molar-refractivity contribution in [2.75, 3.05) is 10.6 Å². The van der Waals surface area contributed by atoms with Gasteiger partial charge in [-0.25, -0.2) is 19.9 Å². The maximum Gasteiger partial charge on any atom is 0.139 e. The third kappa shape index (κ3) is 4.05. The van der Waals surface area contributed by atoms with Gasteiger partial charge in [0.15, 0.2) is 0 Å². The fourth-order valence-electron chi connectivity index (χ4n) is 3.67. The molecule has 0 bridgehead atoms. The highest BCUT2D eigenvalue weighted by Gasteiger charge is 2.13. The average Bonchev–Trinajstić information content (AvgIpc) is 2.87. The summed E-state index contributed by atoms with van der Waals surface area (Å²) in [5, 5.41) is 17.9. The minimum atomic E-state index is 0.614. The highest BCUT2D eigenvalue weighted by Crippen LogP contribution is 2.35. The van der Waals surface area contributed by atoms with E-state index in [1.165, 1.54) is 6.33 Å². The maximum absolute atomic E-state index is 9.03. The molecule has 0 saturated heterocycles. The van der Waals surface area contributed by atoms with Crippen LogP contribution in [0.25, 0.3) is 22.0 Å². The lowest BCUT2D eigenvalue weighted by Gasteiger charge is -2.16. The Morgan fingerprint density at radius 3 is 2.39 bits per heavy atom. The van der Waals surface area contributed by atoms with E-state index in [-0.39, 0.29) is 0 Å². The molecule has 0 unspecified atom stereocenters. The first-order chi connectivity index (χ1) is 16.2. The van der Waals surface area contributed by atoms with E-state index in [2.05, 4.69) is 55.7 Å². The monoisotopic (exact) mass is 429 g/mol. The van der Waals surface area contributed by atoms with Crippen LogP contribution >= 0.6 is 0 Å². The molecule has 3 heterocycles. The van der Waals surface area contributed by atoms with Gasteiger partial charge in [-0.1, -0.05) is 12.1 Å². The zero-order chi connectivity index (χ0) is 22.6. The van der Waals surface area contributed by atoms with Crippen LogP contribution in [0.4, 0.5) is 23.0 Å². The number of pyridine rings is 2. The van der Waals surface area contributed by atoms with Gasteiger partial charge in [0.2, 0.25) is 0 Å². The molecule has 0 spiro atoms. The Labute approximate surface area is 190 Å². The van der Waals surface area contributed by atoms with Crippen molar-refractivity contribution in [2.24, 2.45) is 0 Å². The van der Waals surface area contributed by atoms with E-state index in [1.807, 2.05) is 36.4 Å². The Hall–Kier alpha value is -4.83. The second-order valence-corrected chi connectivity index (χ2v) is 7.45. The number of rotatable bonds is 5. The standard InChI is InChI=1S/C26H19N7/c1-17-4-9-21-20(10-14-30-25(21)32-19-7-5-18(15-27)6-8-19)24(17)33-26-22(3-2-12-29-26)23-11-13-28-16-31-23/h2-14,16H,1H3,(H,29,33)(H,30,32). The van der Waals surface area contributed by atoms with Crippen molar-refractivity contribution in [3.63, 3.8) is 0 Å². The van der Waals surface area contributed by atoms with E-state index in [9.17, 15) is 0 Å². The molecule has 3 aromatic heterocycles. The maximum atomic E-state index is 9.03. The average molecular weight is 429 g/mol. The third-order valence-corrected chi connectivity index (χ3v) is 5.34. The molecule has 33 heavy (non-hydrogen) atoms. The summed E-state index contributed by atoms with van der Waals surface area (Å²) in [7, 11) is 0. The summed E-state index contributed by atoms with van der Waals surface area (Å²) in [6.07, 6.45) is 6.78. The lowest BCUT2D eigenvalue weighted by molar-refractivity contribution is 1.17. The predicted octanol–water partition coefficient (Wildman–Crippen LogP) is 5.75. The summed E-state index contributed by atoms with van der Waals surface area (Å²) >= 11 is 0. The smallest absolute Gasteiger partial charge is 0.139 e. The first kappa shape index (κ1) is 20.1. The quantitative estimate of drug-likeness (QED) is 0.367. The van der Waals surface area contributed by atoms with Crippen LogP contribution in [0, 0.1) is 18.3 Å². The number of hydrogen-bond donors (Lipinski definition) is 2. The van der Waals surface area contributed by atoms with E-state index in [0.717, 1.165) is 44.8 Å². The molecule has 0 fully saturated rings. The molecule has 0 amide bonds. The summed E-state index contributed by atoms with van der Waals surface area (Å²) in [4.78, 5) is 17.5. The summed E-state index contributed by atoms with van der Waals surface area (Å²) in [6, 6.07) is 21.3. The third-order valence-electron chi connectivity index (χ3n) is 5.34. The topological polar surface area (TPSA) is 99.4 Å². The van der Waals surface area contributed by atoms with E-state index in [4.69, 9.17) is 5.26 Å². The Morgan fingerprint density at radius 1 is 0.758 bits per heavy atom. The van der Waals surface area contributed by atoms with Crippen molar-refractivity contribution in [1.82, 2.24) is 19.9 Å². The second-order valence-electron chi connectivity index (χ2n) is 7.45. The van der Waals surface area contributed by atoms with Crippen molar-refractivity contribution >= 4 is 33.8 Å². The van der Waals surface area contributed by atoms with E-state index >= 15 is 0 Å². The van der Waals surface area contributed by atoms with Crippen LogP contribution in [0.5, 0.6) is 0 Å². The van der Waals surface area contributed by atoms with Gasteiger partial charge in [0, 0.05) is 40.6 Å². The van der Waals surface area contributed by atoms with Crippen LogP contribution in [0.2, 0.25) is 0 Å². The van der Waals surface area contributed by atoms with Gasteiger partial charge >= 0.3 is 0 Å². The van der Waals surface area contributed by atoms with Crippen LogP contribution in [-0.2, 0) is 0 Å². The fourth-order valence-corrected chi connectivity index (χ4v) is 3.67. The van der Waals surface area contributed by atoms with Crippen molar-refractivity contribution < 1.29 is 0 Å². The number of anilines is 4. The number of fused-ring (bicyclic) bond motifs is 1. The number of nitrogens with one attached hydrogen (secondary N) is 2. The summed E-state index contributed by atoms with van der Waals surface area (Å²) < 4.78 is 0. The second kappa shape index (κ2) is 8.73. The van der Waals surface area contributed by atoms with Crippen molar-refractivity contribution in [3.05, 3.63) is 96.7 Å². The highest BCUT2D eigenvalue weighted by atomic mass is 15.0. The molecule has 0 atom stereocenters. The van der Waals surface area contributed by atoms with Crippen LogP contribution < -0.4 is 10.6 Å². The van der Waals surface area contributed by atoms with Crippen molar-refractivity contribution in [1.29, 1.82) is 5.26 Å². The van der Waals surface area contributed by atoms with Crippen LogP contribution in [0.3, 0.4) is 0 Å². The number of nitriles is 1. The fraction of sp³-hybridized carbons (Fsp3) is 0.0385. The molecule has 0 saturated carbocycles. The van der Waals surface area contributed by atoms with Crippen LogP contribution in [-0.4, -0.2) is 19.9 Å². The summed E-state index contributed by atoms with van der Waals surface area (Å²) in [5.74, 6) is 1.45. The first-order valence-corrected chi connectivity index (χ1v) is 10.4. The molecule has 2 N–H and O–H groups in total. The van der Waals surface area contributed by atoms with Gasteiger partial charge in [0.25, 0.3) is 0 Å². The molecular formula is C26H19N7. The summed E-state index contributed by atoms with van der Waals surface area (Å²) in [5.41, 5.74) is 5.19. The zero-order valence-corrected chi connectivity index (χ0v) is 17.8. The molecule has 5 aromatic rings. The Balaban J connectivity index is 1.56. The van der Waals surface area contributed by atoms with Crippen LogP contribution in [0.15, 0.2) is 85.6 Å². The van der Waals surface area contributed by atoms with Gasteiger partial charge in [0.1, 0.15) is 18.0 Å². The van der Waals surface area contributed by atoms with Crippen molar-refractivity contribution in [3.8, 4) is 17.3 Å². The normalized spacial score (nSPS) is 10.5. The molecule has 0 radical (unpaired) electrons. The SMILES string of the molecule is Cc1ccc2c(Nc3ccc(C#N)cc3)nccc2c1Nc1ncccc1-c1ccncn1. The lowest BCUT2D eigenvalue weighted by atomic mass is 10.0. The molecule has 0 aliphatic carbocycles. The van der Waals surface area contributed by atoms with Gasteiger partial charge in [-0.05, 0) is 61.0 Å². The van der Waals surface area contributed by atoms with Gasteiger partial charge in [-0.15, -0.1) is 0 Å². The molecular weight excluding hydrogens is 410 g/mol. The predicted molar refractivity (Wildman–Crippen MR) is 129 cm³/mol. The van der Waals surface area contributed by atoms with Crippen LogP contribution in [0.1, 0.15) is 11.1 Å². The number of aryl methyl sites for hydroxylation is 1. The van der Waals surface area contributed by atoms with E-state index < -0.39 is 0 Å². The molecule has 158 valence electrons. The minimum Gasteiger partial charge on any atom is -0.340 e. The Morgan fingerprint density at radius 2 is 1.61 bits per heavy atom. The minimum absolute atomic E-state index is 0.614.